The van der Waals surface area contributed by atoms with Crippen molar-refractivity contribution in [2.24, 2.45) is 0 Å². The first-order chi connectivity index (χ1) is 9.10. The molecule has 5 nitrogen and oxygen atoms in total. The van der Waals surface area contributed by atoms with Crippen molar-refractivity contribution in [3.8, 4) is 5.75 Å². The van der Waals surface area contributed by atoms with Crippen molar-refractivity contribution in [1.29, 1.82) is 0 Å². The van der Waals surface area contributed by atoms with E-state index in [-0.39, 0.29) is 12.5 Å². The van der Waals surface area contributed by atoms with Crippen molar-refractivity contribution in [3.05, 3.63) is 23.8 Å². The maximum absolute atomic E-state index is 12.2. The van der Waals surface area contributed by atoms with Gasteiger partial charge >= 0.3 is 0 Å². The number of benzene rings is 1. The minimum absolute atomic E-state index is 0.0230. The fourth-order valence-electron chi connectivity index (χ4n) is 2.54. The van der Waals surface area contributed by atoms with Gasteiger partial charge in [0.15, 0.2) is 0 Å². The number of aliphatic hydroxyl groups is 1. The van der Waals surface area contributed by atoms with Gasteiger partial charge in [-0.3, -0.25) is 4.79 Å². The summed E-state index contributed by atoms with van der Waals surface area (Å²) in [5.41, 5.74) is 6.24. The lowest BCUT2D eigenvalue weighted by molar-refractivity contribution is 0.0838. The van der Waals surface area contributed by atoms with Gasteiger partial charge in [-0.15, -0.1) is 0 Å². The molecule has 0 radical (unpaired) electrons. The summed E-state index contributed by atoms with van der Waals surface area (Å²) in [4.78, 5) is 12.2. The molecule has 0 aliphatic heterocycles. The summed E-state index contributed by atoms with van der Waals surface area (Å²) in [6.45, 7) is -0.0230. The number of nitrogens with one attached hydrogen (secondary N) is 1. The monoisotopic (exact) mass is 264 g/mol. The average molecular weight is 264 g/mol. The Morgan fingerprint density at radius 1 is 1.47 bits per heavy atom. The third-order valence-electron chi connectivity index (χ3n) is 3.74. The molecule has 0 saturated heterocycles. The van der Waals surface area contributed by atoms with Crippen LogP contribution in [0.3, 0.4) is 0 Å². The number of ether oxygens (including phenoxy) is 1. The lowest BCUT2D eigenvalue weighted by atomic mass is 9.98. The second-order valence-corrected chi connectivity index (χ2v) is 5.06. The Labute approximate surface area is 112 Å². The summed E-state index contributed by atoms with van der Waals surface area (Å²) in [5, 5.41) is 12.4. The Bertz CT molecular complexity index is 468. The zero-order valence-corrected chi connectivity index (χ0v) is 11.1. The summed E-state index contributed by atoms with van der Waals surface area (Å²) < 4.78 is 5.10. The van der Waals surface area contributed by atoms with Crippen molar-refractivity contribution in [2.45, 2.75) is 31.2 Å². The topological polar surface area (TPSA) is 84.6 Å². The van der Waals surface area contributed by atoms with E-state index in [0.717, 1.165) is 25.7 Å². The van der Waals surface area contributed by atoms with Crippen molar-refractivity contribution < 1.29 is 14.6 Å². The molecule has 1 fully saturated rings. The third kappa shape index (κ3) is 2.81. The molecule has 0 unspecified atom stereocenters. The summed E-state index contributed by atoms with van der Waals surface area (Å²) in [7, 11) is 1.51. The van der Waals surface area contributed by atoms with Crippen LogP contribution in [0.25, 0.3) is 0 Å². The number of carbonyl (C=O) groups excluding carboxylic acids is 1. The average Bonchev–Trinajstić information content (AvgIpc) is 2.88. The molecular formula is C14H20N2O3. The lowest BCUT2D eigenvalue weighted by Crippen LogP contribution is -2.49. The van der Waals surface area contributed by atoms with Gasteiger partial charge in [-0.05, 0) is 31.0 Å². The van der Waals surface area contributed by atoms with Crippen LogP contribution >= 0.6 is 0 Å². The highest BCUT2D eigenvalue weighted by Gasteiger charge is 2.34. The first kappa shape index (κ1) is 13.7. The molecule has 19 heavy (non-hydrogen) atoms. The van der Waals surface area contributed by atoms with Crippen LogP contribution in [0, 0.1) is 0 Å². The molecule has 0 aromatic heterocycles. The highest BCUT2D eigenvalue weighted by molar-refractivity contribution is 5.95. The molecule has 2 rings (SSSR count). The van der Waals surface area contributed by atoms with Crippen LogP contribution in [-0.4, -0.2) is 30.3 Å². The van der Waals surface area contributed by atoms with E-state index in [1.165, 1.54) is 7.11 Å². The third-order valence-corrected chi connectivity index (χ3v) is 3.74. The Morgan fingerprint density at radius 3 is 2.74 bits per heavy atom. The number of anilines is 1. The fourth-order valence-corrected chi connectivity index (χ4v) is 2.54. The summed E-state index contributed by atoms with van der Waals surface area (Å²) in [6.07, 6.45) is 3.71. The molecule has 0 bridgehead atoms. The quantitative estimate of drug-likeness (QED) is 0.716. The van der Waals surface area contributed by atoms with Crippen molar-refractivity contribution in [3.63, 3.8) is 0 Å². The Hall–Kier alpha value is -1.75. The number of hydrogen-bond donors (Lipinski definition) is 3. The van der Waals surface area contributed by atoms with E-state index in [9.17, 15) is 9.90 Å². The van der Waals surface area contributed by atoms with Crippen molar-refractivity contribution in [2.75, 3.05) is 19.5 Å². The molecule has 5 heteroatoms. The van der Waals surface area contributed by atoms with Crippen LogP contribution in [0.2, 0.25) is 0 Å². The molecule has 1 amide bonds. The molecule has 0 spiro atoms. The summed E-state index contributed by atoms with van der Waals surface area (Å²) in [5.74, 6) is 0.284. The van der Waals surface area contributed by atoms with Crippen molar-refractivity contribution >= 4 is 11.6 Å². The van der Waals surface area contributed by atoms with Crippen molar-refractivity contribution in [1.82, 2.24) is 5.32 Å². The van der Waals surface area contributed by atoms with Gasteiger partial charge in [0.2, 0.25) is 0 Å². The molecule has 0 heterocycles. The Balaban J connectivity index is 2.15. The number of amides is 1. The van der Waals surface area contributed by atoms with Crippen LogP contribution in [-0.2, 0) is 0 Å². The summed E-state index contributed by atoms with van der Waals surface area (Å²) >= 11 is 0. The highest BCUT2D eigenvalue weighted by atomic mass is 16.5. The van der Waals surface area contributed by atoms with Gasteiger partial charge in [0.05, 0.1) is 24.9 Å². The van der Waals surface area contributed by atoms with Gasteiger partial charge in [-0.1, -0.05) is 12.8 Å². The minimum atomic E-state index is -0.467. The van der Waals surface area contributed by atoms with Gasteiger partial charge in [-0.25, -0.2) is 0 Å². The molecule has 1 saturated carbocycles. The molecular weight excluding hydrogens is 244 g/mol. The van der Waals surface area contributed by atoms with Crippen LogP contribution < -0.4 is 15.8 Å². The molecule has 1 aliphatic rings. The number of rotatable bonds is 4. The zero-order valence-electron chi connectivity index (χ0n) is 11.1. The maximum Gasteiger partial charge on any atom is 0.251 e. The first-order valence-electron chi connectivity index (χ1n) is 6.47. The van der Waals surface area contributed by atoms with E-state index >= 15 is 0 Å². The SMILES string of the molecule is COc1cc(C(=O)NC2(CO)CCCC2)ccc1N. The van der Waals surface area contributed by atoms with Crippen LogP contribution in [0.15, 0.2) is 18.2 Å². The Kier molecular flexibility index (Phi) is 3.95. The smallest absolute Gasteiger partial charge is 0.251 e. The fraction of sp³-hybridized carbons (Fsp3) is 0.500. The van der Waals surface area contributed by atoms with Crippen LogP contribution in [0.4, 0.5) is 5.69 Å². The number of carbonyl (C=O) groups is 1. The second kappa shape index (κ2) is 5.48. The lowest BCUT2D eigenvalue weighted by Gasteiger charge is -2.28. The standard InChI is InChI=1S/C14H20N2O3/c1-19-12-8-10(4-5-11(12)15)13(18)16-14(9-17)6-2-3-7-14/h4-5,8,17H,2-3,6-7,9,15H2,1H3,(H,16,18). The zero-order chi connectivity index (χ0) is 13.9. The Morgan fingerprint density at radius 2 is 2.16 bits per heavy atom. The molecule has 104 valence electrons. The second-order valence-electron chi connectivity index (χ2n) is 5.06. The molecule has 1 aromatic carbocycles. The minimum Gasteiger partial charge on any atom is -0.495 e. The predicted molar refractivity (Wildman–Crippen MR) is 73.2 cm³/mol. The number of aliphatic hydroxyl groups excluding tert-OH is 1. The van der Waals surface area contributed by atoms with Gasteiger partial charge in [0, 0.05) is 5.56 Å². The van der Waals surface area contributed by atoms with Gasteiger partial charge in [0.1, 0.15) is 5.75 Å². The number of methoxy groups -OCH3 is 1. The van der Waals surface area contributed by atoms with E-state index < -0.39 is 5.54 Å². The normalized spacial score (nSPS) is 17.2. The number of hydrogen-bond acceptors (Lipinski definition) is 4. The number of nitrogens with two attached hydrogens (primary N) is 1. The van der Waals surface area contributed by atoms with Crippen LogP contribution in [0.1, 0.15) is 36.0 Å². The van der Waals surface area contributed by atoms with Gasteiger partial charge in [-0.2, -0.15) is 0 Å². The van der Waals surface area contributed by atoms with Gasteiger partial charge < -0.3 is 20.9 Å². The molecule has 0 atom stereocenters. The molecule has 4 N–H and O–H groups in total. The van der Waals surface area contributed by atoms with E-state index in [4.69, 9.17) is 10.5 Å². The molecule has 1 aliphatic carbocycles. The summed E-state index contributed by atoms with van der Waals surface area (Å²) in [6, 6.07) is 4.92. The predicted octanol–water partition coefficient (Wildman–Crippen LogP) is 1.31. The largest absolute Gasteiger partial charge is 0.495 e. The van der Waals surface area contributed by atoms with E-state index in [1.54, 1.807) is 18.2 Å². The van der Waals surface area contributed by atoms with Gasteiger partial charge in [0.25, 0.3) is 5.91 Å². The molecule has 1 aromatic rings. The highest BCUT2D eigenvalue weighted by Crippen LogP contribution is 2.30. The van der Waals surface area contributed by atoms with E-state index in [2.05, 4.69) is 5.32 Å². The maximum atomic E-state index is 12.2. The first-order valence-corrected chi connectivity index (χ1v) is 6.47. The van der Waals surface area contributed by atoms with E-state index in [1.807, 2.05) is 0 Å². The number of nitrogen functional groups attached to an aromatic ring is 1. The van der Waals surface area contributed by atoms with E-state index in [0.29, 0.717) is 17.0 Å². The van der Waals surface area contributed by atoms with Crippen LogP contribution in [0.5, 0.6) is 5.75 Å².